The van der Waals surface area contributed by atoms with Gasteiger partial charge in [0.2, 0.25) is 5.91 Å². The second kappa shape index (κ2) is 8.28. The first-order valence-corrected chi connectivity index (χ1v) is 8.01. The predicted octanol–water partition coefficient (Wildman–Crippen LogP) is 4.01. The van der Waals surface area contributed by atoms with E-state index in [2.05, 4.69) is 0 Å². The van der Waals surface area contributed by atoms with E-state index in [4.69, 9.17) is 0 Å². The first-order chi connectivity index (χ1) is 11.1. The third-order valence-corrected chi connectivity index (χ3v) is 3.89. The van der Waals surface area contributed by atoms with Gasteiger partial charge in [-0.25, -0.2) is 0 Å². The molecule has 2 aromatic carbocycles. The number of aryl methyl sites for hydroxylation is 1. The maximum atomic E-state index is 12.3. The molecule has 0 spiro atoms. The highest BCUT2D eigenvalue weighted by molar-refractivity contribution is 5.97. The van der Waals surface area contributed by atoms with E-state index in [1.807, 2.05) is 68.4 Å². The maximum Gasteiger partial charge on any atom is 0.223 e. The Labute approximate surface area is 137 Å². The Balaban J connectivity index is 1.89. The van der Waals surface area contributed by atoms with Crippen molar-refractivity contribution in [2.45, 2.75) is 33.2 Å². The van der Waals surface area contributed by atoms with Crippen molar-refractivity contribution in [1.82, 2.24) is 4.90 Å². The summed E-state index contributed by atoms with van der Waals surface area (Å²) in [5.74, 6) is 0.0472. The topological polar surface area (TPSA) is 37.4 Å². The monoisotopic (exact) mass is 309 g/mol. The van der Waals surface area contributed by atoms with E-state index in [1.165, 1.54) is 0 Å². The first kappa shape index (κ1) is 16.9. The molecule has 1 amide bonds. The molecule has 0 fully saturated rings. The van der Waals surface area contributed by atoms with Crippen molar-refractivity contribution >= 4 is 11.7 Å². The van der Waals surface area contributed by atoms with E-state index in [1.54, 1.807) is 4.90 Å². The zero-order valence-corrected chi connectivity index (χ0v) is 13.8. The van der Waals surface area contributed by atoms with Crippen LogP contribution < -0.4 is 0 Å². The fraction of sp³-hybridized carbons (Fsp3) is 0.300. The molecule has 0 bridgehead atoms. The van der Waals surface area contributed by atoms with Gasteiger partial charge in [0.25, 0.3) is 0 Å². The van der Waals surface area contributed by atoms with Crippen LogP contribution in [0.3, 0.4) is 0 Å². The third-order valence-electron chi connectivity index (χ3n) is 3.89. The van der Waals surface area contributed by atoms with Gasteiger partial charge in [0.1, 0.15) is 0 Å². The molecule has 0 aliphatic carbocycles. The van der Waals surface area contributed by atoms with Crippen LogP contribution in [-0.2, 0) is 11.3 Å². The molecular formula is C20H23NO2. The number of hydrogen-bond donors (Lipinski definition) is 0. The number of rotatable bonds is 7. The molecule has 120 valence electrons. The van der Waals surface area contributed by atoms with Gasteiger partial charge in [0.05, 0.1) is 0 Å². The zero-order chi connectivity index (χ0) is 16.7. The minimum atomic E-state index is 0.0223. The lowest BCUT2D eigenvalue weighted by Crippen LogP contribution is -2.30. The average molecular weight is 309 g/mol. The lowest BCUT2D eigenvalue weighted by molar-refractivity contribution is -0.131. The minimum absolute atomic E-state index is 0.0223. The summed E-state index contributed by atoms with van der Waals surface area (Å²) in [7, 11) is 0. The predicted molar refractivity (Wildman–Crippen MR) is 92.3 cm³/mol. The van der Waals surface area contributed by atoms with Crippen molar-refractivity contribution in [3.8, 4) is 0 Å². The van der Waals surface area contributed by atoms with Crippen molar-refractivity contribution < 1.29 is 9.59 Å². The molecule has 0 aliphatic heterocycles. The fourth-order valence-corrected chi connectivity index (χ4v) is 2.44. The molecule has 0 saturated carbocycles. The summed E-state index contributed by atoms with van der Waals surface area (Å²) >= 11 is 0. The second-order valence-corrected chi connectivity index (χ2v) is 5.68. The highest BCUT2D eigenvalue weighted by Crippen LogP contribution is 2.11. The Morgan fingerprint density at radius 3 is 2.17 bits per heavy atom. The average Bonchev–Trinajstić information content (AvgIpc) is 2.58. The Morgan fingerprint density at radius 2 is 1.57 bits per heavy atom. The number of nitrogens with zero attached hydrogens (tertiary/aromatic N) is 1. The van der Waals surface area contributed by atoms with Crippen molar-refractivity contribution in [3.05, 3.63) is 71.3 Å². The molecule has 0 atom stereocenters. The SMILES string of the molecule is CCN(Cc1ccccc1)C(=O)CCC(=O)c1ccc(C)cc1. The van der Waals surface area contributed by atoms with Gasteiger partial charge in [-0.2, -0.15) is 0 Å². The summed E-state index contributed by atoms with van der Waals surface area (Å²) in [5.41, 5.74) is 2.90. The van der Waals surface area contributed by atoms with Gasteiger partial charge in [0.15, 0.2) is 5.78 Å². The summed E-state index contributed by atoms with van der Waals surface area (Å²) in [6.45, 7) is 5.18. The summed E-state index contributed by atoms with van der Waals surface area (Å²) < 4.78 is 0. The number of benzene rings is 2. The smallest absolute Gasteiger partial charge is 0.223 e. The summed E-state index contributed by atoms with van der Waals surface area (Å²) in [5, 5.41) is 0. The summed E-state index contributed by atoms with van der Waals surface area (Å²) in [6, 6.07) is 17.4. The number of carbonyl (C=O) groups excluding carboxylic acids is 2. The Kier molecular flexibility index (Phi) is 6.10. The molecule has 0 N–H and O–H groups in total. The van der Waals surface area contributed by atoms with E-state index in [0.717, 1.165) is 11.1 Å². The maximum absolute atomic E-state index is 12.3. The highest BCUT2D eigenvalue weighted by atomic mass is 16.2. The highest BCUT2D eigenvalue weighted by Gasteiger charge is 2.14. The van der Waals surface area contributed by atoms with Crippen LogP contribution >= 0.6 is 0 Å². The molecule has 23 heavy (non-hydrogen) atoms. The molecule has 2 aromatic rings. The van der Waals surface area contributed by atoms with Crippen LogP contribution in [0.25, 0.3) is 0 Å². The molecule has 0 saturated heterocycles. The minimum Gasteiger partial charge on any atom is -0.339 e. The van der Waals surface area contributed by atoms with Crippen LogP contribution in [0.15, 0.2) is 54.6 Å². The number of amides is 1. The lowest BCUT2D eigenvalue weighted by Gasteiger charge is -2.21. The van der Waals surface area contributed by atoms with Gasteiger partial charge < -0.3 is 4.90 Å². The molecule has 0 heterocycles. The first-order valence-electron chi connectivity index (χ1n) is 8.01. The largest absolute Gasteiger partial charge is 0.339 e. The van der Waals surface area contributed by atoms with Crippen molar-refractivity contribution in [2.24, 2.45) is 0 Å². The molecule has 3 heteroatoms. The van der Waals surface area contributed by atoms with Crippen molar-refractivity contribution in [1.29, 1.82) is 0 Å². The number of Topliss-reactive ketones (excluding diaryl/α,β-unsaturated/α-hetero) is 1. The molecule has 0 aromatic heterocycles. The van der Waals surface area contributed by atoms with E-state index in [-0.39, 0.29) is 24.5 Å². The molecular weight excluding hydrogens is 286 g/mol. The molecule has 2 rings (SSSR count). The Hall–Kier alpha value is -2.42. The van der Waals surface area contributed by atoms with Gasteiger partial charge in [-0.1, -0.05) is 60.2 Å². The van der Waals surface area contributed by atoms with Crippen LogP contribution in [0.5, 0.6) is 0 Å². The van der Waals surface area contributed by atoms with Gasteiger partial charge in [-0.05, 0) is 19.4 Å². The van der Waals surface area contributed by atoms with Crippen LogP contribution in [-0.4, -0.2) is 23.1 Å². The van der Waals surface area contributed by atoms with E-state index >= 15 is 0 Å². The van der Waals surface area contributed by atoms with Crippen LogP contribution in [0, 0.1) is 6.92 Å². The molecule has 0 radical (unpaired) electrons. The van der Waals surface area contributed by atoms with Crippen molar-refractivity contribution in [2.75, 3.05) is 6.54 Å². The second-order valence-electron chi connectivity index (χ2n) is 5.68. The zero-order valence-electron chi connectivity index (χ0n) is 13.8. The summed E-state index contributed by atoms with van der Waals surface area (Å²) in [4.78, 5) is 26.3. The Morgan fingerprint density at radius 1 is 0.913 bits per heavy atom. The number of hydrogen-bond acceptors (Lipinski definition) is 2. The van der Waals surface area contributed by atoms with E-state index in [9.17, 15) is 9.59 Å². The summed E-state index contributed by atoms with van der Waals surface area (Å²) in [6.07, 6.45) is 0.514. The van der Waals surface area contributed by atoms with Crippen LogP contribution in [0.2, 0.25) is 0 Å². The van der Waals surface area contributed by atoms with Gasteiger partial charge in [-0.3, -0.25) is 9.59 Å². The lowest BCUT2D eigenvalue weighted by atomic mass is 10.0. The Bertz CT molecular complexity index is 647. The fourth-order valence-electron chi connectivity index (χ4n) is 2.44. The van der Waals surface area contributed by atoms with Crippen LogP contribution in [0.1, 0.15) is 41.3 Å². The molecule has 3 nitrogen and oxygen atoms in total. The van der Waals surface area contributed by atoms with Crippen LogP contribution in [0.4, 0.5) is 0 Å². The van der Waals surface area contributed by atoms with Gasteiger partial charge in [-0.15, -0.1) is 0 Å². The quantitative estimate of drug-likeness (QED) is 0.725. The normalized spacial score (nSPS) is 10.3. The molecule has 0 unspecified atom stereocenters. The third kappa shape index (κ3) is 5.06. The van der Waals surface area contributed by atoms with Crippen molar-refractivity contribution in [3.63, 3.8) is 0 Å². The molecule has 0 aliphatic rings. The van der Waals surface area contributed by atoms with Gasteiger partial charge >= 0.3 is 0 Å². The number of carbonyl (C=O) groups is 2. The number of ketones is 1. The van der Waals surface area contributed by atoms with Gasteiger partial charge in [0, 0.05) is 31.5 Å². The van der Waals surface area contributed by atoms with E-state index < -0.39 is 0 Å². The van der Waals surface area contributed by atoms with E-state index in [0.29, 0.717) is 18.7 Å². The standard InChI is InChI=1S/C20H23NO2/c1-3-21(15-17-7-5-4-6-8-17)20(23)14-13-19(22)18-11-9-16(2)10-12-18/h4-12H,3,13-15H2,1-2H3.